The highest BCUT2D eigenvalue weighted by molar-refractivity contribution is 5.76. The Labute approximate surface area is 120 Å². The Kier molecular flexibility index (Phi) is 6.77. The Bertz CT molecular complexity index is 496. The summed E-state index contributed by atoms with van der Waals surface area (Å²) in [6.07, 6.45) is 1.17. The molecule has 0 fully saturated rings. The third-order valence-electron chi connectivity index (χ3n) is 2.37. The predicted octanol–water partition coefficient (Wildman–Crippen LogP) is -0.765. The standard InChI is InChI=1S/C10H17N7O4/c1-21-5-4-12-8(18)2-3-13-9-7(17(19)20)6-14-10(15-9)16-11/h6H,2-5,11H2,1H3,(H,12,18)(H2,13,14,15,16). The number of carbonyl (C=O) groups is 1. The van der Waals surface area contributed by atoms with E-state index in [0.717, 1.165) is 6.20 Å². The number of nitrogens with zero attached hydrogens (tertiary/aromatic N) is 3. The molecule has 21 heavy (non-hydrogen) atoms. The molecule has 0 aliphatic rings. The number of amides is 1. The first kappa shape index (κ1) is 16.5. The van der Waals surface area contributed by atoms with E-state index in [1.165, 1.54) is 7.11 Å². The van der Waals surface area contributed by atoms with Gasteiger partial charge in [-0.25, -0.2) is 10.8 Å². The third kappa shape index (κ3) is 5.54. The first-order valence-electron chi connectivity index (χ1n) is 6.06. The van der Waals surface area contributed by atoms with Crippen molar-refractivity contribution in [1.29, 1.82) is 0 Å². The van der Waals surface area contributed by atoms with E-state index in [2.05, 4.69) is 26.0 Å². The van der Waals surface area contributed by atoms with Crippen LogP contribution >= 0.6 is 0 Å². The summed E-state index contributed by atoms with van der Waals surface area (Å²) in [5, 5.41) is 16.2. The molecule has 0 aromatic carbocycles. The van der Waals surface area contributed by atoms with Crippen molar-refractivity contribution in [3.05, 3.63) is 16.3 Å². The fraction of sp³-hybridized carbons (Fsp3) is 0.500. The summed E-state index contributed by atoms with van der Waals surface area (Å²) >= 11 is 0. The molecule has 0 spiro atoms. The topological polar surface area (TPSA) is 157 Å². The second-order valence-electron chi connectivity index (χ2n) is 3.85. The molecular formula is C10H17N7O4. The molecule has 0 atom stereocenters. The van der Waals surface area contributed by atoms with Gasteiger partial charge >= 0.3 is 5.69 Å². The molecule has 0 saturated carbocycles. The summed E-state index contributed by atoms with van der Waals surface area (Å²) in [6.45, 7) is 1.01. The first-order valence-corrected chi connectivity index (χ1v) is 6.06. The van der Waals surface area contributed by atoms with Crippen molar-refractivity contribution in [2.45, 2.75) is 6.42 Å². The number of carbonyl (C=O) groups excluding carboxylic acids is 1. The van der Waals surface area contributed by atoms with Gasteiger partial charge in [0.2, 0.25) is 17.7 Å². The van der Waals surface area contributed by atoms with Crippen LogP contribution in [-0.4, -0.2) is 47.6 Å². The normalized spacial score (nSPS) is 10.0. The number of nitrogen functional groups attached to an aromatic ring is 1. The van der Waals surface area contributed by atoms with Crippen molar-refractivity contribution in [2.75, 3.05) is 37.5 Å². The fourth-order valence-electron chi connectivity index (χ4n) is 1.38. The number of hydrogen-bond acceptors (Lipinski definition) is 9. The summed E-state index contributed by atoms with van der Waals surface area (Å²) < 4.78 is 4.79. The lowest BCUT2D eigenvalue weighted by Crippen LogP contribution is -2.28. The molecule has 0 saturated heterocycles. The molecule has 116 valence electrons. The highest BCUT2D eigenvalue weighted by Gasteiger charge is 2.17. The van der Waals surface area contributed by atoms with Gasteiger partial charge in [-0.05, 0) is 0 Å². The maximum absolute atomic E-state index is 11.4. The van der Waals surface area contributed by atoms with Crippen molar-refractivity contribution < 1.29 is 14.5 Å². The minimum atomic E-state index is -0.624. The molecule has 5 N–H and O–H groups in total. The van der Waals surface area contributed by atoms with Crippen LogP contribution in [0.3, 0.4) is 0 Å². The van der Waals surface area contributed by atoms with Gasteiger partial charge in [-0.2, -0.15) is 4.98 Å². The van der Waals surface area contributed by atoms with Crippen molar-refractivity contribution in [3.8, 4) is 0 Å². The average molecular weight is 299 g/mol. The third-order valence-corrected chi connectivity index (χ3v) is 2.37. The minimum Gasteiger partial charge on any atom is -0.383 e. The zero-order chi connectivity index (χ0) is 15.7. The Balaban J connectivity index is 2.54. The van der Waals surface area contributed by atoms with E-state index >= 15 is 0 Å². The number of ether oxygens (including phenoxy) is 1. The van der Waals surface area contributed by atoms with Crippen LogP contribution in [0.5, 0.6) is 0 Å². The van der Waals surface area contributed by atoms with Crippen LogP contribution in [0, 0.1) is 10.1 Å². The Hall–Kier alpha value is -2.53. The monoisotopic (exact) mass is 299 g/mol. The highest BCUT2D eigenvalue weighted by atomic mass is 16.6. The number of rotatable bonds is 9. The molecule has 1 rings (SSSR count). The number of hydrogen-bond donors (Lipinski definition) is 4. The SMILES string of the molecule is COCCNC(=O)CCNc1nc(NN)ncc1[N+](=O)[O-]. The highest BCUT2D eigenvalue weighted by Crippen LogP contribution is 2.21. The number of anilines is 2. The smallest absolute Gasteiger partial charge is 0.329 e. The van der Waals surface area contributed by atoms with Crippen LogP contribution < -0.4 is 21.9 Å². The molecular weight excluding hydrogens is 282 g/mol. The van der Waals surface area contributed by atoms with Gasteiger partial charge in [0.25, 0.3) is 0 Å². The van der Waals surface area contributed by atoms with Gasteiger partial charge in [0, 0.05) is 26.6 Å². The van der Waals surface area contributed by atoms with Gasteiger partial charge in [-0.1, -0.05) is 0 Å². The summed E-state index contributed by atoms with van der Waals surface area (Å²) in [5.41, 5.74) is 1.89. The number of nitrogens with one attached hydrogen (secondary N) is 3. The molecule has 1 amide bonds. The van der Waals surface area contributed by atoms with E-state index in [0.29, 0.717) is 13.2 Å². The summed E-state index contributed by atoms with van der Waals surface area (Å²) in [6, 6.07) is 0. The average Bonchev–Trinajstić information content (AvgIpc) is 2.47. The summed E-state index contributed by atoms with van der Waals surface area (Å²) in [5.74, 6) is 4.97. The molecule has 1 aromatic heterocycles. The van der Waals surface area contributed by atoms with Gasteiger partial charge in [-0.3, -0.25) is 20.3 Å². The minimum absolute atomic E-state index is 0.00681. The number of nitrogens with two attached hydrogens (primary N) is 1. The van der Waals surface area contributed by atoms with E-state index in [1.54, 1.807) is 0 Å². The van der Waals surface area contributed by atoms with E-state index in [1.807, 2.05) is 0 Å². The zero-order valence-corrected chi connectivity index (χ0v) is 11.5. The van der Waals surface area contributed by atoms with Gasteiger partial charge in [0.15, 0.2) is 0 Å². The predicted molar refractivity (Wildman–Crippen MR) is 74.5 cm³/mol. The van der Waals surface area contributed by atoms with Crippen LogP contribution in [0.4, 0.5) is 17.5 Å². The lowest BCUT2D eigenvalue weighted by molar-refractivity contribution is -0.384. The molecule has 11 heteroatoms. The van der Waals surface area contributed by atoms with Crippen molar-refractivity contribution >= 4 is 23.4 Å². The van der Waals surface area contributed by atoms with Crippen LogP contribution in [0.25, 0.3) is 0 Å². The second kappa shape index (κ2) is 8.60. The van der Waals surface area contributed by atoms with Crippen LogP contribution in [0.1, 0.15) is 6.42 Å². The van der Waals surface area contributed by atoms with Gasteiger partial charge in [-0.15, -0.1) is 0 Å². The molecule has 0 aliphatic heterocycles. The molecule has 1 aromatic rings. The first-order chi connectivity index (χ1) is 10.1. The Morgan fingerprint density at radius 1 is 1.52 bits per heavy atom. The van der Waals surface area contributed by atoms with Crippen LogP contribution in [0.2, 0.25) is 0 Å². The van der Waals surface area contributed by atoms with Gasteiger partial charge in [0.1, 0.15) is 6.20 Å². The number of aromatic nitrogens is 2. The van der Waals surface area contributed by atoms with E-state index in [-0.39, 0.29) is 36.3 Å². The molecule has 0 unspecified atom stereocenters. The fourth-order valence-corrected chi connectivity index (χ4v) is 1.38. The van der Waals surface area contributed by atoms with Crippen molar-refractivity contribution in [3.63, 3.8) is 0 Å². The Morgan fingerprint density at radius 3 is 2.90 bits per heavy atom. The molecule has 11 nitrogen and oxygen atoms in total. The maximum Gasteiger partial charge on any atom is 0.329 e. The molecule has 0 aliphatic carbocycles. The van der Waals surface area contributed by atoms with E-state index in [4.69, 9.17) is 10.6 Å². The zero-order valence-electron chi connectivity index (χ0n) is 11.5. The molecule has 0 radical (unpaired) electrons. The second-order valence-corrected chi connectivity index (χ2v) is 3.85. The van der Waals surface area contributed by atoms with Gasteiger partial charge < -0.3 is 15.4 Å². The van der Waals surface area contributed by atoms with Crippen molar-refractivity contribution in [1.82, 2.24) is 15.3 Å². The largest absolute Gasteiger partial charge is 0.383 e. The van der Waals surface area contributed by atoms with E-state index in [9.17, 15) is 14.9 Å². The summed E-state index contributed by atoms with van der Waals surface area (Å²) in [7, 11) is 1.53. The quantitative estimate of drug-likeness (QED) is 0.199. The van der Waals surface area contributed by atoms with Crippen molar-refractivity contribution in [2.24, 2.45) is 5.84 Å². The maximum atomic E-state index is 11.4. The molecule has 0 bridgehead atoms. The Morgan fingerprint density at radius 2 is 2.29 bits per heavy atom. The number of hydrazine groups is 1. The van der Waals surface area contributed by atoms with Crippen LogP contribution in [0.15, 0.2) is 6.20 Å². The lowest BCUT2D eigenvalue weighted by Gasteiger charge is -2.08. The summed E-state index contributed by atoms with van der Waals surface area (Å²) in [4.78, 5) is 29.1. The number of nitro groups is 1. The lowest BCUT2D eigenvalue weighted by atomic mass is 10.3. The van der Waals surface area contributed by atoms with Crippen LogP contribution in [-0.2, 0) is 9.53 Å². The number of methoxy groups -OCH3 is 1. The van der Waals surface area contributed by atoms with E-state index < -0.39 is 4.92 Å². The van der Waals surface area contributed by atoms with Gasteiger partial charge in [0.05, 0.1) is 11.5 Å². The molecule has 1 heterocycles.